The summed E-state index contributed by atoms with van der Waals surface area (Å²) in [4.78, 5) is 13.3. The van der Waals surface area contributed by atoms with Gasteiger partial charge in [-0.3, -0.25) is 4.90 Å². The molecule has 124 valence electrons. The molecule has 1 aliphatic heterocycles. The third-order valence-electron chi connectivity index (χ3n) is 3.96. The Morgan fingerprint density at radius 3 is 2.61 bits per heavy atom. The van der Waals surface area contributed by atoms with Crippen LogP contribution in [-0.2, 0) is 13.1 Å². The molecule has 0 radical (unpaired) electrons. The van der Waals surface area contributed by atoms with Gasteiger partial charge in [0.2, 0.25) is 0 Å². The summed E-state index contributed by atoms with van der Waals surface area (Å²) in [6.07, 6.45) is 4.34. The summed E-state index contributed by atoms with van der Waals surface area (Å²) in [5.41, 5.74) is 0. The zero-order chi connectivity index (χ0) is 16.2. The van der Waals surface area contributed by atoms with Gasteiger partial charge < -0.3 is 4.90 Å². The molecule has 0 unspecified atom stereocenters. The molecule has 0 amide bonds. The summed E-state index contributed by atoms with van der Waals surface area (Å²) in [7, 11) is 0. The molecule has 1 aliphatic rings. The van der Waals surface area contributed by atoms with Gasteiger partial charge in [0, 0.05) is 38.9 Å². The molecule has 23 heavy (non-hydrogen) atoms. The number of aromatic nitrogens is 4. The first-order chi connectivity index (χ1) is 11.2. The standard InChI is InChI=1S/C15H20Cl2N6/c1-2-3-23-14(19-11-20-23)10-21-4-6-22(7-5-21)15-13(17)8-12(16)9-18-15/h8-9,11H,2-7,10H2,1H3. The lowest BCUT2D eigenvalue weighted by atomic mass is 10.3. The van der Waals surface area contributed by atoms with E-state index in [4.69, 9.17) is 23.2 Å². The molecule has 8 heteroatoms. The Bertz CT molecular complexity index is 651. The monoisotopic (exact) mass is 354 g/mol. The largest absolute Gasteiger partial charge is 0.353 e. The third kappa shape index (κ3) is 3.94. The van der Waals surface area contributed by atoms with Gasteiger partial charge >= 0.3 is 0 Å². The number of aryl methyl sites for hydroxylation is 1. The van der Waals surface area contributed by atoms with Crippen LogP contribution in [0.2, 0.25) is 10.0 Å². The topological polar surface area (TPSA) is 50.1 Å². The number of halogens is 2. The van der Waals surface area contributed by atoms with Gasteiger partial charge in [0.1, 0.15) is 18.0 Å². The van der Waals surface area contributed by atoms with E-state index < -0.39 is 0 Å². The number of piperazine rings is 1. The molecule has 2 aromatic heterocycles. The summed E-state index contributed by atoms with van der Waals surface area (Å²) in [6.45, 7) is 7.55. The van der Waals surface area contributed by atoms with Crippen LogP contribution in [0.5, 0.6) is 0 Å². The quantitative estimate of drug-likeness (QED) is 0.826. The number of rotatable bonds is 5. The normalized spacial score (nSPS) is 16.0. The van der Waals surface area contributed by atoms with Crippen molar-refractivity contribution in [2.45, 2.75) is 26.4 Å². The summed E-state index contributed by atoms with van der Waals surface area (Å²) in [6, 6.07) is 1.74. The van der Waals surface area contributed by atoms with E-state index >= 15 is 0 Å². The van der Waals surface area contributed by atoms with Crippen LogP contribution in [0.1, 0.15) is 19.2 Å². The van der Waals surface area contributed by atoms with Crippen LogP contribution < -0.4 is 4.90 Å². The van der Waals surface area contributed by atoms with Gasteiger partial charge in [0.05, 0.1) is 16.6 Å². The highest BCUT2D eigenvalue weighted by Gasteiger charge is 2.21. The van der Waals surface area contributed by atoms with E-state index in [0.717, 1.165) is 57.3 Å². The Kier molecular flexibility index (Phi) is 5.35. The van der Waals surface area contributed by atoms with Crippen molar-refractivity contribution in [1.82, 2.24) is 24.6 Å². The first-order valence-electron chi connectivity index (χ1n) is 7.82. The Morgan fingerprint density at radius 1 is 1.13 bits per heavy atom. The molecule has 0 N–H and O–H groups in total. The fourth-order valence-corrected chi connectivity index (χ4v) is 3.27. The third-order valence-corrected chi connectivity index (χ3v) is 4.44. The second kappa shape index (κ2) is 7.47. The van der Waals surface area contributed by atoms with Crippen LogP contribution >= 0.6 is 23.2 Å². The minimum atomic E-state index is 0.563. The van der Waals surface area contributed by atoms with Gasteiger partial charge in [-0.2, -0.15) is 5.10 Å². The number of anilines is 1. The number of hydrogen-bond donors (Lipinski definition) is 0. The van der Waals surface area contributed by atoms with E-state index in [1.54, 1.807) is 18.6 Å². The molecule has 0 aromatic carbocycles. The number of hydrogen-bond acceptors (Lipinski definition) is 5. The maximum Gasteiger partial charge on any atom is 0.147 e. The first-order valence-corrected chi connectivity index (χ1v) is 8.58. The SMILES string of the molecule is CCCn1ncnc1CN1CCN(c2ncc(Cl)cc2Cl)CC1. The summed E-state index contributed by atoms with van der Waals surface area (Å²) in [5.74, 6) is 1.84. The molecular weight excluding hydrogens is 335 g/mol. The molecule has 0 saturated carbocycles. The van der Waals surface area contributed by atoms with E-state index in [2.05, 4.69) is 31.8 Å². The van der Waals surface area contributed by atoms with Crippen molar-refractivity contribution in [3.05, 3.63) is 34.5 Å². The summed E-state index contributed by atoms with van der Waals surface area (Å²) >= 11 is 12.2. The molecule has 1 saturated heterocycles. The molecule has 3 rings (SSSR count). The second-order valence-electron chi connectivity index (χ2n) is 5.62. The molecule has 0 atom stereocenters. The average Bonchev–Trinajstić information content (AvgIpc) is 2.96. The van der Waals surface area contributed by atoms with E-state index in [9.17, 15) is 0 Å². The first kappa shape index (κ1) is 16.5. The van der Waals surface area contributed by atoms with Gasteiger partial charge in [-0.1, -0.05) is 30.1 Å². The highest BCUT2D eigenvalue weighted by molar-refractivity contribution is 6.36. The maximum absolute atomic E-state index is 6.25. The van der Waals surface area contributed by atoms with Crippen LogP contribution in [-0.4, -0.2) is 50.8 Å². The Labute approximate surface area is 146 Å². The predicted molar refractivity (Wildman–Crippen MR) is 92.1 cm³/mol. The fraction of sp³-hybridized carbons (Fsp3) is 0.533. The maximum atomic E-state index is 6.25. The molecule has 0 spiro atoms. The molecule has 0 bridgehead atoms. The highest BCUT2D eigenvalue weighted by Crippen LogP contribution is 2.26. The smallest absolute Gasteiger partial charge is 0.147 e. The van der Waals surface area contributed by atoms with E-state index in [0.29, 0.717) is 10.0 Å². The predicted octanol–water partition coefficient (Wildman–Crippen LogP) is 2.71. The van der Waals surface area contributed by atoms with Gasteiger partial charge in [-0.05, 0) is 12.5 Å². The minimum Gasteiger partial charge on any atom is -0.353 e. The Hall–Kier alpha value is -1.37. The lowest BCUT2D eigenvalue weighted by Gasteiger charge is -2.35. The average molecular weight is 355 g/mol. The van der Waals surface area contributed by atoms with Crippen LogP contribution in [0.3, 0.4) is 0 Å². The Morgan fingerprint density at radius 2 is 1.91 bits per heavy atom. The molecule has 0 aliphatic carbocycles. The lowest BCUT2D eigenvalue weighted by Crippen LogP contribution is -2.46. The minimum absolute atomic E-state index is 0.563. The van der Waals surface area contributed by atoms with Gasteiger partial charge in [-0.15, -0.1) is 0 Å². The van der Waals surface area contributed by atoms with E-state index in [-0.39, 0.29) is 0 Å². The van der Waals surface area contributed by atoms with Gasteiger partial charge in [0.15, 0.2) is 0 Å². The van der Waals surface area contributed by atoms with Crippen molar-refractivity contribution in [3.63, 3.8) is 0 Å². The van der Waals surface area contributed by atoms with E-state index in [1.165, 1.54) is 0 Å². The van der Waals surface area contributed by atoms with Gasteiger partial charge in [-0.25, -0.2) is 14.6 Å². The summed E-state index contributed by atoms with van der Waals surface area (Å²) in [5, 5.41) is 5.45. The van der Waals surface area contributed by atoms with Crippen LogP contribution in [0.25, 0.3) is 0 Å². The van der Waals surface area contributed by atoms with Crippen molar-refractivity contribution < 1.29 is 0 Å². The zero-order valence-corrected chi connectivity index (χ0v) is 14.6. The lowest BCUT2D eigenvalue weighted by molar-refractivity contribution is 0.238. The summed E-state index contributed by atoms with van der Waals surface area (Å²) < 4.78 is 1.99. The number of pyridine rings is 1. The van der Waals surface area contributed by atoms with Gasteiger partial charge in [0.25, 0.3) is 0 Å². The highest BCUT2D eigenvalue weighted by atomic mass is 35.5. The number of nitrogens with zero attached hydrogens (tertiary/aromatic N) is 6. The molecular formula is C15H20Cl2N6. The van der Waals surface area contributed by atoms with Crippen molar-refractivity contribution >= 4 is 29.0 Å². The Balaban J connectivity index is 1.59. The molecule has 6 nitrogen and oxygen atoms in total. The molecule has 1 fully saturated rings. The molecule has 2 aromatic rings. The van der Waals surface area contributed by atoms with Crippen molar-refractivity contribution in [1.29, 1.82) is 0 Å². The second-order valence-corrected chi connectivity index (χ2v) is 6.47. The van der Waals surface area contributed by atoms with E-state index in [1.807, 2.05) is 4.68 Å². The zero-order valence-electron chi connectivity index (χ0n) is 13.1. The fourth-order valence-electron chi connectivity index (χ4n) is 2.77. The van der Waals surface area contributed by atoms with Crippen LogP contribution in [0, 0.1) is 0 Å². The van der Waals surface area contributed by atoms with Crippen LogP contribution in [0.15, 0.2) is 18.6 Å². The van der Waals surface area contributed by atoms with Crippen molar-refractivity contribution in [3.8, 4) is 0 Å². The van der Waals surface area contributed by atoms with Crippen LogP contribution in [0.4, 0.5) is 5.82 Å². The van der Waals surface area contributed by atoms with Crippen molar-refractivity contribution in [2.75, 3.05) is 31.1 Å². The molecule has 3 heterocycles. The van der Waals surface area contributed by atoms with Crippen molar-refractivity contribution in [2.24, 2.45) is 0 Å².